The molecule has 0 bridgehead atoms. The van der Waals surface area contributed by atoms with E-state index >= 15 is 0 Å². The number of esters is 2. The summed E-state index contributed by atoms with van der Waals surface area (Å²) in [6, 6.07) is 23.9. The Kier molecular flexibility index (Phi) is 9.85. The zero-order chi connectivity index (χ0) is 28.5. The molecule has 1 aliphatic rings. The van der Waals surface area contributed by atoms with Gasteiger partial charge in [0.05, 0.1) is 17.7 Å². The summed E-state index contributed by atoms with van der Waals surface area (Å²) in [5, 5.41) is 21.1. The van der Waals surface area contributed by atoms with Gasteiger partial charge in [-0.2, -0.15) is 0 Å². The Morgan fingerprint density at radius 3 is 1.80 bits per heavy atom. The van der Waals surface area contributed by atoms with Crippen LogP contribution in [-0.2, 0) is 25.6 Å². The van der Waals surface area contributed by atoms with E-state index in [4.69, 9.17) is 18.9 Å². The molecule has 1 fully saturated rings. The molecule has 1 heterocycles. The van der Waals surface area contributed by atoms with E-state index in [9.17, 15) is 24.6 Å². The minimum absolute atomic E-state index is 0.0290. The van der Waals surface area contributed by atoms with Gasteiger partial charge in [0, 0.05) is 6.54 Å². The van der Waals surface area contributed by atoms with Gasteiger partial charge in [-0.05, 0) is 36.8 Å². The summed E-state index contributed by atoms with van der Waals surface area (Å²) in [6.07, 6.45) is -6.58. The number of amides is 1. The third kappa shape index (κ3) is 6.84. The van der Waals surface area contributed by atoms with E-state index in [2.05, 4.69) is 0 Å². The summed E-state index contributed by atoms with van der Waals surface area (Å²) >= 11 is 0. The zero-order valence-corrected chi connectivity index (χ0v) is 21.9. The first-order valence-corrected chi connectivity index (χ1v) is 12.9. The maximum atomic E-state index is 13.2. The lowest BCUT2D eigenvalue weighted by molar-refractivity contribution is -0.267. The number of likely N-dealkylation sites (N-methyl/N-ethyl adjacent to an activating group) is 1. The quantitative estimate of drug-likeness (QED) is 0.305. The van der Waals surface area contributed by atoms with Gasteiger partial charge in [0.15, 0.2) is 18.5 Å². The van der Waals surface area contributed by atoms with Gasteiger partial charge in [-0.1, -0.05) is 66.7 Å². The van der Waals surface area contributed by atoms with Crippen LogP contribution in [0, 0.1) is 0 Å². The average Bonchev–Trinajstić information content (AvgIpc) is 3.00. The summed E-state index contributed by atoms with van der Waals surface area (Å²) < 4.78 is 22.6. The molecule has 4 rings (SSSR count). The standard InChI is InChI=1S/C30H31NO9/c1-2-31(30(36)37-19-20-12-6-3-7-13-20)24-26(40-28(34)22-16-10-5-11-17-22)25(23(18-32)38-29(24)35)39-27(33)21-14-8-4-9-15-21/h3-17,23-26,29,32,35H,2,18-19H2,1H3/t23-,24-,25-,26-,29+/m1/s1. The molecule has 3 aromatic carbocycles. The Morgan fingerprint density at radius 2 is 1.30 bits per heavy atom. The number of hydrogen-bond acceptors (Lipinski definition) is 9. The lowest BCUT2D eigenvalue weighted by Crippen LogP contribution is -2.67. The molecule has 5 atom stereocenters. The van der Waals surface area contributed by atoms with Gasteiger partial charge in [0.1, 0.15) is 18.8 Å². The molecule has 10 nitrogen and oxygen atoms in total. The highest BCUT2D eigenvalue weighted by Crippen LogP contribution is 2.30. The van der Waals surface area contributed by atoms with Gasteiger partial charge in [0.25, 0.3) is 0 Å². The van der Waals surface area contributed by atoms with E-state index in [-0.39, 0.29) is 24.3 Å². The van der Waals surface area contributed by atoms with Crippen molar-refractivity contribution >= 4 is 18.0 Å². The minimum atomic E-state index is -1.71. The lowest BCUT2D eigenvalue weighted by atomic mass is 9.95. The second-order valence-electron chi connectivity index (χ2n) is 9.04. The molecule has 1 aliphatic heterocycles. The van der Waals surface area contributed by atoms with E-state index in [0.29, 0.717) is 0 Å². The van der Waals surface area contributed by atoms with Crippen molar-refractivity contribution < 1.29 is 43.5 Å². The van der Waals surface area contributed by atoms with E-state index in [1.165, 1.54) is 24.3 Å². The van der Waals surface area contributed by atoms with Crippen LogP contribution in [0.4, 0.5) is 4.79 Å². The maximum absolute atomic E-state index is 13.2. The molecule has 0 aliphatic carbocycles. The van der Waals surface area contributed by atoms with Crippen molar-refractivity contribution in [1.29, 1.82) is 0 Å². The molecule has 210 valence electrons. The monoisotopic (exact) mass is 549 g/mol. The van der Waals surface area contributed by atoms with Gasteiger partial charge in [-0.25, -0.2) is 14.4 Å². The average molecular weight is 550 g/mol. The number of ether oxygens (including phenoxy) is 4. The number of nitrogens with zero attached hydrogens (tertiary/aromatic N) is 1. The molecular formula is C30H31NO9. The van der Waals surface area contributed by atoms with Gasteiger partial charge in [-0.3, -0.25) is 4.90 Å². The van der Waals surface area contributed by atoms with Crippen LogP contribution in [0.3, 0.4) is 0 Å². The van der Waals surface area contributed by atoms with Crippen molar-refractivity contribution in [2.24, 2.45) is 0 Å². The van der Waals surface area contributed by atoms with Crippen LogP contribution in [0.2, 0.25) is 0 Å². The van der Waals surface area contributed by atoms with Gasteiger partial charge < -0.3 is 29.2 Å². The molecule has 2 N–H and O–H groups in total. The molecule has 0 radical (unpaired) electrons. The summed E-state index contributed by atoms with van der Waals surface area (Å²) in [4.78, 5) is 40.6. The lowest BCUT2D eigenvalue weighted by Gasteiger charge is -2.46. The number of aliphatic hydroxyl groups excluding tert-OH is 2. The predicted octanol–water partition coefficient (Wildman–Crippen LogP) is 3.17. The Labute approximate surface area is 231 Å². The summed E-state index contributed by atoms with van der Waals surface area (Å²) in [5.74, 6) is -1.55. The minimum Gasteiger partial charge on any atom is -0.452 e. The molecule has 3 aromatic rings. The van der Waals surface area contributed by atoms with Crippen molar-refractivity contribution in [3.63, 3.8) is 0 Å². The first-order valence-electron chi connectivity index (χ1n) is 12.9. The Balaban J connectivity index is 1.66. The number of aliphatic hydroxyl groups is 2. The molecule has 0 aromatic heterocycles. The van der Waals surface area contributed by atoms with Crippen LogP contribution in [0.5, 0.6) is 0 Å². The second-order valence-corrected chi connectivity index (χ2v) is 9.04. The second kappa shape index (κ2) is 13.7. The Bertz CT molecular complexity index is 1260. The molecule has 1 amide bonds. The van der Waals surface area contributed by atoms with Crippen molar-refractivity contribution in [3.05, 3.63) is 108 Å². The number of carbonyl (C=O) groups is 3. The predicted molar refractivity (Wildman–Crippen MR) is 142 cm³/mol. The van der Waals surface area contributed by atoms with E-state index in [1.807, 2.05) is 6.07 Å². The zero-order valence-electron chi connectivity index (χ0n) is 21.9. The highest BCUT2D eigenvalue weighted by atomic mass is 16.7. The van der Waals surface area contributed by atoms with Gasteiger partial charge in [0.2, 0.25) is 0 Å². The molecule has 0 spiro atoms. The first-order chi connectivity index (χ1) is 19.4. The van der Waals surface area contributed by atoms with Crippen LogP contribution in [0.1, 0.15) is 33.2 Å². The van der Waals surface area contributed by atoms with E-state index in [0.717, 1.165) is 10.5 Å². The van der Waals surface area contributed by atoms with Crippen molar-refractivity contribution in [3.8, 4) is 0 Å². The van der Waals surface area contributed by atoms with Crippen LogP contribution >= 0.6 is 0 Å². The van der Waals surface area contributed by atoms with Crippen LogP contribution in [-0.4, -0.2) is 76.9 Å². The third-order valence-electron chi connectivity index (χ3n) is 6.46. The summed E-state index contributed by atoms with van der Waals surface area (Å²) in [5.41, 5.74) is 1.16. The highest BCUT2D eigenvalue weighted by Gasteiger charge is 2.53. The largest absolute Gasteiger partial charge is 0.452 e. The smallest absolute Gasteiger partial charge is 0.410 e. The fourth-order valence-corrected chi connectivity index (χ4v) is 4.46. The van der Waals surface area contributed by atoms with Gasteiger partial charge in [-0.15, -0.1) is 0 Å². The van der Waals surface area contributed by atoms with Crippen LogP contribution in [0.15, 0.2) is 91.0 Å². The molecule has 0 unspecified atom stereocenters. The Morgan fingerprint density at radius 1 is 0.800 bits per heavy atom. The normalized spacial score (nSPS) is 22.1. The fraction of sp³-hybridized carbons (Fsp3) is 0.300. The number of benzene rings is 3. The van der Waals surface area contributed by atoms with Crippen LogP contribution < -0.4 is 0 Å². The molecule has 0 saturated carbocycles. The molecular weight excluding hydrogens is 518 g/mol. The van der Waals surface area contributed by atoms with Gasteiger partial charge >= 0.3 is 18.0 Å². The number of hydrogen-bond donors (Lipinski definition) is 2. The van der Waals surface area contributed by atoms with Crippen molar-refractivity contribution in [2.45, 2.75) is 44.2 Å². The molecule has 10 heteroatoms. The molecule has 40 heavy (non-hydrogen) atoms. The number of carbonyl (C=O) groups excluding carboxylic acids is 3. The SMILES string of the molecule is CCN(C(=O)OCc1ccccc1)[C@@H]1[C@@H](OC(=O)c2ccccc2)[C@H](OC(=O)c2ccccc2)[C@@H](CO)O[C@@H]1O. The van der Waals surface area contributed by atoms with Crippen molar-refractivity contribution in [2.75, 3.05) is 13.2 Å². The number of rotatable bonds is 9. The first kappa shape index (κ1) is 28.8. The maximum Gasteiger partial charge on any atom is 0.410 e. The summed E-state index contributed by atoms with van der Waals surface area (Å²) in [7, 11) is 0. The van der Waals surface area contributed by atoms with E-state index < -0.39 is 55.3 Å². The molecule has 1 saturated heterocycles. The van der Waals surface area contributed by atoms with Crippen molar-refractivity contribution in [1.82, 2.24) is 4.90 Å². The highest BCUT2D eigenvalue weighted by molar-refractivity contribution is 5.90. The fourth-order valence-electron chi connectivity index (χ4n) is 4.46. The Hall–Kier alpha value is -4.25. The van der Waals surface area contributed by atoms with Crippen LogP contribution in [0.25, 0.3) is 0 Å². The topological polar surface area (TPSA) is 132 Å². The summed E-state index contributed by atoms with van der Waals surface area (Å²) in [6.45, 7) is 0.970. The third-order valence-corrected chi connectivity index (χ3v) is 6.46. The van der Waals surface area contributed by atoms with E-state index in [1.54, 1.807) is 67.6 Å².